The molecule has 0 bridgehead atoms. The molecule has 1 N–H and O–H groups in total. The molecule has 1 aliphatic heterocycles. The molecule has 0 radical (unpaired) electrons. The van der Waals surface area contributed by atoms with E-state index in [1.165, 1.54) is 0 Å². The number of benzene rings is 1. The first-order chi connectivity index (χ1) is 9.06. The summed E-state index contributed by atoms with van der Waals surface area (Å²) in [4.78, 5) is 24.1. The van der Waals surface area contributed by atoms with Gasteiger partial charge in [0.1, 0.15) is 6.61 Å². The summed E-state index contributed by atoms with van der Waals surface area (Å²) >= 11 is 0. The normalized spacial score (nSPS) is 19.5. The van der Waals surface area contributed by atoms with E-state index in [1.54, 1.807) is 4.90 Å². The van der Waals surface area contributed by atoms with Gasteiger partial charge in [-0.3, -0.25) is 9.59 Å². The van der Waals surface area contributed by atoms with Crippen LogP contribution in [-0.2, 0) is 20.9 Å². The zero-order chi connectivity index (χ0) is 13.8. The Morgan fingerprint density at radius 1 is 1.47 bits per heavy atom. The molecule has 0 spiro atoms. The Morgan fingerprint density at radius 3 is 2.89 bits per heavy atom. The SMILES string of the molecule is Cc1ccccc1CN1CC(CC(=O)O)OCC1=O. The van der Waals surface area contributed by atoms with E-state index < -0.39 is 12.1 Å². The summed E-state index contributed by atoms with van der Waals surface area (Å²) in [5.74, 6) is -1.000. The Labute approximate surface area is 111 Å². The first-order valence-electron chi connectivity index (χ1n) is 6.22. The Balaban J connectivity index is 2.03. The molecular weight excluding hydrogens is 246 g/mol. The maximum absolute atomic E-state index is 11.8. The summed E-state index contributed by atoms with van der Waals surface area (Å²) in [6, 6.07) is 7.86. The molecule has 2 rings (SSSR count). The Hall–Kier alpha value is -1.88. The standard InChI is InChI=1S/C14H17NO4/c1-10-4-2-3-5-11(10)7-15-8-12(6-14(17)18)19-9-13(15)16/h2-5,12H,6-9H2,1H3,(H,17,18). The number of carbonyl (C=O) groups is 2. The van der Waals surface area contributed by atoms with Crippen molar-refractivity contribution in [3.8, 4) is 0 Å². The van der Waals surface area contributed by atoms with Gasteiger partial charge in [-0.1, -0.05) is 24.3 Å². The van der Waals surface area contributed by atoms with E-state index in [1.807, 2.05) is 31.2 Å². The molecule has 1 saturated heterocycles. The third-order valence-corrected chi connectivity index (χ3v) is 3.24. The van der Waals surface area contributed by atoms with Crippen molar-refractivity contribution in [3.63, 3.8) is 0 Å². The van der Waals surface area contributed by atoms with E-state index in [4.69, 9.17) is 9.84 Å². The second-order valence-electron chi connectivity index (χ2n) is 4.73. The van der Waals surface area contributed by atoms with Gasteiger partial charge in [0.2, 0.25) is 5.91 Å². The number of hydrogen-bond donors (Lipinski definition) is 1. The Bertz CT molecular complexity index is 486. The minimum Gasteiger partial charge on any atom is -0.481 e. The number of aliphatic carboxylic acids is 1. The molecule has 1 heterocycles. The molecule has 5 nitrogen and oxygen atoms in total. The van der Waals surface area contributed by atoms with Crippen LogP contribution in [-0.4, -0.2) is 41.1 Å². The lowest BCUT2D eigenvalue weighted by atomic mass is 10.1. The van der Waals surface area contributed by atoms with Gasteiger partial charge in [-0.25, -0.2) is 0 Å². The fourth-order valence-corrected chi connectivity index (χ4v) is 2.14. The summed E-state index contributed by atoms with van der Waals surface area (Å²) in [5, 5.41) is 8.77. The van der Waals surface area contributed by atoms with Gasteiger partial charge in [0.05, 0.1) is 12.5 Å². The fraction of sp³-hybridized carbons (Fsp3) is 0.429. The molecule has 1 unspecified atom stereocenters. The molecule has 5 heteroatoms. The zero-order valence-corrected chi connectivity index (χ0v) is 10.8. The first-order valence-corrected chi connectivity index (χ1v) is 6.22. The van der Waals surface area contributed by atoms with Gasteiger partial charge in [-0.05, 0) is 18.1 Å². The highest BCUT2D eigenvalue weighted by Gasteiger charge is 2.27. The van der Waals surface area contributed by atoms with Crippen molar-refractivity contribution >= 4 is 11.9 Å². The van der Waals surface area contributed by atoms with Crippen molar-refractivity contribution in [2.24, 2.45) is 0 Å². The van der Waals surface area contributed by atoms with Gasteiger partial charge < -0.3 is 14.7 Å². The van der Waals surface area contributed by atoms with Crippen LogP contribution < -0.4 is 0 Å². The number of nitrogens with zero attached hydrogens (tertiary/aromatic N) is 1. The number of carboxylic acids is 1. The van der Waals surface area contributed by atoms with Crippen LogP contribution in [0.5, 0.6) is 0 Å². The second kappa shape index (κ2) is 5.84. The van der Waals surface area contributed by atoms with E-state index in [-0.39, 0.29) is 18.9 Å². The van der Waals surface area contributed by atoms with Crippen LogP contribution in [0, 0.1) is 6.92 Å². The van der Waals surface area contributed by atoms with Crippen LogP contribution in [0.25, 0.3) is 0 Å². The van der Waals surface area contributed by atoms with E-state index in [2.05, 4.69) is 0 Å². The van der Waals surface area contributed by atoms with E-state index in [0.29, 0.717) is 13.1 Å². The number of ether oxygens (including phenoxy) is 1. The number of aryl methyl sites for hydroxylation is 1. The van der Waals surface area contributed by atoms with Crippen molar-refractivity contribution in [1.82, 2.24) is 4.90 Å². The van der Waals surface area contributed by atoms with Crippen LogP contribution in [0.2, 0.25) is 0 Å². The van der Waals surface area contributed by atoms with Crippen LogP contribution in [0.15, 0.2) is 24.3 Å². The minimum atomic E-state index is -0.907. The van der Waals surface area contributed by atoms with Gasteiger partial charge in [0.15, 0.2) is 0 Å². The largest absolute Gasteiger partial charge is 0.481 e. The van der Waals surface area contributed by atoms with Crippen LogP contribution >= 0.6 is 0 Å². The topological polar surface area (TPSA) is 66.8 Å². The number of carbonyl (C=O) groups excluding carboxylic acids is 1. The number of carboxylic acid groups (broad SMARTS) is 1. The average molecular weight is 263 g/mol. The van der Waals surface area contributed by atoms with Crippen LogP contribution in [0.3, 0.4) is 0 Å². The third kappa shape index (κ3) is 3.54. The third-order valence-electron chi connectivity index (χ3n) is 3.24. The Kier molecular flexibility index (Phi) is 4.16. The molecule has 1 aromatic carbocycles. The zero-order valence-electron chi connectivity index (χ0n) is 10.8. The van der Waals surface area contributed by atoms with Crippen molar-refractivity contribution in [3.05, 3.63) is 35.4 Å². The molecule has 0 saturated carbocycles. The molecule has 0 aliphatic carbocycles. The van der Waals surface area contributed by atoms with Gasteiger partial charge in [0.25, 0.3) is 0 Å². The van der Waals surface area contributed by atoms with Gasteiger partial charge in [-0.2, -0.15) is 0 Å². The molecule has 1 atom stereocenters. The predicted octanol–water partition coefficient (Wildman–Crippen LogP) is 1.20. The van der Waals surface area contributed by atoms with E-state index in [9.17, 15) is 9.59 Å². The summed E-state index contributed by atoms with van der Waals surface area (Å²) < 4.78 is 5.23. The van der Waals surface area contributed by atoms with E-state index in [0.717, 1.165) is 11.1 Å². The summed E-state index contributed by atoms with van der Waals surface area (Å²) in [7, 11) is 0. The molecule has 1 aromatic rings. The predicted molar refractivity (Wildman–Crippen MR) is 68.6 cm³/mol. The van der Waals surface area contributed by atoms with E-state index >= 15 is 0 Å². The van der Waals surface area contributed by atoms with Crippen molar-refractivity contribution < 1.29 is 19.4 Å². The summed E-state index contributed by atoms with van der Waals surface area (Å²) in [6.07, 6.45) is -0.489. The number of hydrogen-bond acceptors (Lipinski definition) is 3. The number of morpholine rings is 1. The highest BCUT2D eigenvalue weighted by molar-refractivity contribution is 5.78. The smallest absolute Gasteiger partial charge is 0.306 e. The molecule has 1 amide bonds. The highest BCUT2D eigenvalue weighted by Crippen LogP contribution is 2.15. The second-order valence-corrected chi connectivity index (χ2v) is 4.73. The molecule has 1 aliphatic rings. The van der Waals surface area contributed by atoms with Crippen LogP contribution in [0.1, 0.15) is 17.5 Å². The Morgan fingerprint density at radius 2 is 2.21 bits per heavy atom. The monoisotopic (exact) mass is 263 g/mol. The average Bonchev–Trinajstić information content (AvgIpc) is 2.35. The fourth-order valence-electron chi connectivity index (χ4n) is 2.14. The first kappa shape index (κ1) is 13.5. The number of amides is 1. The summed E-state index contributed by atoms with van der Waals surface area (Å²) in [5.41, 5.74) is 2.20. The summed E-state index contributed by atoms with van der Waals surface area (Å²) in [6.45, 7) is 2.79. The molecule has 19 heavy (non-hydrogen) atoms. The van der Waals surface area contributed by atoms with Crippen molar-refractivity contribution in [1.29, 1.82) is 0 Å². The lowest BCUT2D eigenvalue weighted by Crippen LogP contribution is -2.46. The molecular formula is C14H17NO4. The highest BCUT2D eigenvalue weighted by atomic mass is 16.5. The lowest BCUT2D eigenvalue weighted by Gasteiger charge is -2.32. The van der Waals surface area contributed by atoms with Crippen molar-refractivity contribution in [2.45, 2.75) is 26.0 Å². The maximum atomic E-state index is 11.8. The quantitative estimate of drug-likeness (QED) is 0.886. The lowest BCUT2D eigenvalue weighted by molar-refractivity contribution is -0.155. The minimum absolute atomic E-state index is 0.0379. The van der Waals surface area contributed by atoms with Gasteiger partial charge in [0, 0.05) is 13.1 Å². The van der Waals surface area contributed by atoms with Gasteiger partial charge >= 0.3 is 5.97 Å². The molecule has 1 fully saturated rings. The van der Waals surface area contributed by atoms with Crippen LogP contribution in [0.4, 0.5) is 0 Å². The number of rotatable bonds is 4. The van der Waals surface area contributed by atoms with Gasteiger partial charge in [-0.15, -0.1) is 0 Å². The maximum Gasteiger partial charge on any atom is 0.306 e. The van der Waals surface area contributed by atoms with Crippen molar-refractivity contribution in [2.75, 3.05) is 13.2 Å². The molecule has 102 valence electrons. The molecule has 0 aromatic heterocycles.